The lowest BCUT2D eigenvalue weighted by molar-refractivity contribution is 0.400. The van der Waals surface area contributed by atoms with Crippen LogP contribution in [0.5, 0.6) is 0 Å². The molecule has 2 aromatic heterocycles. The molecule has 0 fully saturated rings. The Morgan fingerprint density at radius 1 is 0.957 bits per heavy atom. The zero-order valence-electron chi connectivity index (χ0n) is 13.8. The predicted molar refractivity (Wildman–Crippen MR) is 92.5 cm³/mol. The second kappa shape index (κ2) is 4.69. The van der Waals surface area contributed by atoms with Crippen LogP contribution in [0.15, 0.2) is 46.9 Å². The summed E-state index contributed by atoms with van der Waals surface area (Å²) in [4.78, 5) is 9.28. The highest BCUT2D eigenvalue weighted by atomic mass is 16.3. The summed E-state index contributed by atoms with van der Waals surface area (Å²) in [6.07, 6.45) is 0. The third-order valence-electron chi connectivity index (χ3n) is 4.03. The van der Waals surface area contributed by atoms with Gasteiger partial charge < -0.3 is 8.98 Å². The Morgan fingerprint density at radius 3 is 2.48 bits per heavy atom. The van der Waals surface area contributed by atoms with E-state index in [1.54, 1.807) is 0 Å². The molecular weight excluding hydrogens is 286 g/mol. The maximum absolute atomic E-state index is 5.86. The topological polar surface area (TPSA) is 43.9 Å². The van der Waals surface area contributed by atoms with E-state index in [0.29, 0.717) is 5.89 Å². The van der Waals surface area contributed by atoms with Gasteiger partial charge in [-0.25, -0.2) is 9.97 Å². The number of aryl methyl sites for hydroxylation is 1. The van der Waals surface area contributed by atoms with Crippen molar-refractivity contribution in [2.75, 3.05) is 0 Å². The molecule has 0 atom stereocenters. The van der Waals surface area contributed by atoms with Crippen LogP contribution in [0.1, 0.15) is 26.6 Å². The fourth-order valence-corrected chi connectivity index (χ4v) is 3.18. The highest BCUT2D eigenvalue weighted by Crippen LogP contribution is 2.30. The molecule has 0 amide bonds. The molecule has 23 heavy (non-hydrogen) atoms. The van der Waals surface area contributed by atoms with Crippen LogP contribution in [-0.2, 0) is 5.54 Å². The highest BCUT2D eigenvalue weighted by Gasteiger charge is 2.20. The fraction of sp³-hybridized carbons (Fsp3) is 0.263. The molecule has 4 nitrogen and oxygen atoms in total. The summed E-state index contributed by atoms with van der Waals surface area (Å²) < 4.78 is 8.12. The summed E-state index contributed by atoms with van der Waals surface area (Å²) >= 11 is 0. The Kier molecular flexibility index (Phi) is 2.85. The largest absolute Gasteiger partial charge is 0.436 e. The van der Waals surface area contributed by atoms with Crippen molar-refractivity contribution in [1.29, 1.82) is 0 Å². The lowest BCUT2D eigenvalue weighted by Gasteiger charge is -2.23. The maximum atomic E-state index is 5.86. The molecule has 2 aromatic carbocycles. The smallest absolute Gasteiger partial charge is 0.227 e. The van der Waals surface area contributed by atoms with Gasteiger partial charge >= 0.3 is 0 Å². The van der Waals surface area contributed by atoms with Crippen LogP contribution in [0.2, 0.25) is 0 Å². The van der Waals surface area contributed by atoms with E-state index >= 15 is 0 Å². The van der Waals surface area contributed by atoms with E-state index in [1.807, 2.05) is 31.2 Å². The first-order valence-corrected chi connectivity index (χ1v) is 7.79. The van der Waals surface area contributed by atoms with Gasteiger partial charge in [0.2, 0.25) is 5.89 Å². The number of fused-ring (bicyclic) bond motifs is 2. The van der Waals surface area contributed by atoms with Gasteiger partial charge in [0.1, 0.15) is 11.3 Å². The van der Waals surface area contributed by atoms with Gasteiger partial charge in [-0.05, 0) is 58.0 Å². The number of hydrogen-bond donors (Lipinski definition) is 0. The van der Waals surface area contributed by atoms with Crippen LogP contribution >= 0.6 is 0 Å². The molecule has 0 N–H and O–H groups in total. The van der Waals surface area contributed by atoms with E-state index in [2.05, 4.69) is 48.5 Å². The van der Waals surface area contributed by atoms with Gasteiger partial charge in [-0.3, -0.25) is 0 Å². The van der Waals surface area contributed by atoms with Crippen molar-refractivity contribution in [3.8, 4) is 11.5 Å². The molecule has 0 spiro atoms. The van der Waals surface area contributed by atoms with Crippen LogP contribution in [0.4, 0.5) is 0 Å². The predicted octanol–water partition coefficient (Wildman–Crippen LogP) is 4.91. The van der Waals surface area contributed by atoms with Crippen molar-refractivity contribution in [3.63, 3.8) is 0 Å². The second-order valence-electron chi connectivity index (χ2n) is 6.86. The summed E-state index contributed by atoms with van der Waals surface area (Å²) in [6.45, 7) is 8.62. The molecule has 4 aromatic rings. The SMILES string of the molecule is Cc1nc2cc(-c3nc4ccccc4o3)ccc2n1C(C)(C)C. The molecule has 0 unspecified atom stereocenters. The van der Waals surface area contributed by atoms with Gasteiger partial charge in [-0.1, -0.05) is 12.1 Å². The minimum atomic E-state index is -0.00202. The van der Waals surface area contributed by atoms with Crippen molar-refractivity contribution < 1.29 is 4.42 Å². The molecule has 116 valence electrons. The number of hydrogen-bond acceptors (Lipinski definition) is 3. The summed E-state index contributed by atoms with van der Waals surface area (Å²) in [7, 11) is 0. The van der Waals surface area contributed by atoms with Crippen LogP contribution in [0, 0.1) is 6.92 Å². The molecule has 0 aliphatic rings. The second-order valence-corrected chi connectivity index (χ2v) is 6.86. The minimum Gasteiger partial charge on any atom is -0.436 e. The van der Waals surface area contributed by atoms with Crippen molar-refractivity contribution >= 4 is 22.1 Å². The molecule has 0 saturated heterocycles. The summed E-state index contributed by atoms with van der Waals surface area (Å²) in [6, 6.07) is 14.0. The van der Waals surface area contributed by atoms with E-state index in [0.717, 1.165) is 33.5 Å². The number of aromatic nitrogens is 3. The summed E-state index contributed by atoms with van der Waals surface area (Å²) in [5, 5.41) is 0. The van der Waals surface area contributed by atoms with Crippen molar-refractivity contribution in [2.45, 2.75) is 33.2 Å². The minimum absolute atomic E-state index is 0.00202. The standard InChI is InChI=1S/C19H19N3O/c1-12-20-15-11-13(9-10-16(15)22(12)19(2,3)4)18-21-14-7-5-6-8-17(14)23-18/h5-11H,1-4H3. The van der Waals surface area contributed by atoms with E-state index in [1.165, 1.54) is 0 Å². The van der Waals surface area contributed by atoms with Gasteiger partial charge in [0.05, 0.1) is 11.0 Å². The number of para-hydroxylation sites is 2. The maximum Gasteiger partial charge on any atom is 0.227 e. The first kappa shape index (κ1) is 14.0. The molecule has 0 aliphatic heterocycles. The van der Waals surface area contributed by atoms with Gasteiger partial charge in [-0.2, -0.15) is 0 Å². The summed E-state index contributed by atoms with van der Waals surface area (Å²) in [5.41, 5.74) is 4.73. The number of rotatable bonds is 1. The molecule has 2 heterocycles. The lowest BCUT2D eigenvalue weighted by Crippen LogP contribution is -2.22. The lowest BCUT2D eigenvalue weighted by atomic mass is 10.1. The van der Waals surface area contributed by atoms with E-state index in [-0.39, 0.29) is 5.54 Å². The Hall–Kier alpha value is -2.62. The summed E-state index contributed by atoms with van der Waals surface area (Å²) in [5.74, 6) is 1.65. The van der Waals surface area contributed by atoms with E-state index < -0.39 is 0 Å². The van der Waals surface area contributed by atoms with Crippen LogP contribution < -0.4 is 0 Å². The first-order valence-electron chi connectivity index (χ1n) is 7.79. The molecule has 0 saturated carbocycles. The Bertz CT molecular complexity index is 985. The highest BCUT2D eigenvalue weighted by molar-refractivity contribution is 5.83. The van der Waals surface area contributed by atoms with E-state index in [9.17, 15) is 0 Å². The Morgan fingerprint density at radius 2 is 1.74 bits per heavy atom. The monoisotopic (exact) mass is 305 g/mol. The zero-order chi connectivity index (χ0) is 16.2. The molecule has 0 bridgehead atoms. The van der Waals surface area contributed by atoms with Crippen molar-refractivity contribution in [2.24, 2.45) is 0 Å². The average molecular weight is 305 g/mol. The third-order valence-corrected chi connectivity index (χ3v) is 4.03. The van der Waals surface area contributed by atoms with Gasteiger partial charge in [0.25, 0.3) is 0 Å². The number of benzene rings is 2. The zero-order valence-corrected chi connectivity index (χ0v) is 13.8. The molecular formula is C19H19N3O. The molecule has 0 aliphatic carbocycles. The number of nitrogens with zero attached hydrogens (tertiary/aromatic N) is 3. The van der Waals surface area contributed by atoms with Crippen LogP contribution in [-0.4, -0.2) is 14.5 Å². The van der Waals surface area contributed by atoms with E-state index in [4.69, 9.17) is 9.40 Å². The molecule has 0 radical (unpaired) electrons. The average Bonchev–Trinajstić information content (AvgIpc) is 3.05. The molecule has 4 rings (SSSR count). The van der Waals surface area contributed by atoms with Crippen molar-refractivity contribution in [1.82, 2.24) is 14.5 Å². The Labute approximate surface area is 134 Å². The first-order chi connectivity index (χ1) is 10.9. The van der Waals surface area contributed by atoms with Gasteiger partial charge in [0.15, 0.2) is 5.58 Å². The number of imidazole rings is 1. The van der Waals surface area contributed by atoms with Gasteiger partial charge in [-0.15, -0.1) is 0 Å². The Balaban J connectivity index is 1.89. The van der Waals surface area contributed by atoms with Crippen LogP contribution in [0.25, 0.3) is 33.6 Å². The van der Waals surface area contributed by atoms with Crippen molar-refractivity contribution in [3.05, 3.63) is 48.3 Å². The molecule has 4 heteroatoms. The van der Waals surface area contributed by atoms with Crippen LogP contribution in [0.3, 0.4) is 0 Å². The van der Waals surface area contributed by atoms with Gasteiger partial charge in [0, 0.05) is 11.1 Å². The number of oxazole rings is 1. The third kappa shape index (κ3) is 2.22. The fourth-order valence-electron chi connectivity index (χ4n) is 3.18. The normalized spacial score (nSPS) is 12.3. The quantitative estimate of drug-likeness (QED) is 0.502.